The van der Waals surface area contributed by atoms with Gasteiger partial charge >= 0.3 is 6.09 Å². The van der Waals surface area contributed by atoms with Crippen molar-refractivity contribution in [3.8, 4) is 5.75 Å². The molecular weight excluding hydrogens is 534 g/mol. The summed E-state index contributed by atoms with van der Waals surface area (Å²) in [4.78, 5) is 29.9. The van der Waals surface area contributed by atoms with Gasteiger partial charge in [0.1, 0.15) is 18.0 Å². The number of unbranched alkanes of at least 4 members (excludes halogenated alkanes) is 1. The number of allylic oxidation sites excluding steroid dienone is 1. The number of amides is 2. The van der Waals surface area contributed by atoms with E-state index in [-0.39, 0.29) is 12.4 Å². The van der Waals surface area contributed by atoms with Gasteiger partial charge in [0.15, 0.2) is 5.84 Å². The molecule has 0 bridgehead atoms. The quantitative estimate of drug-likeness (QED) is 0.103. The number of benzene rings is 1. The van der Waals surface area contributed by atoms with Crippen LogP contribution < -0.4 is 26.0 Å². The summed E-state index contributed by atoms with van der Waals surface area (Å²) < 4.78 is 16.0. The summed E-state index contributed by atoms with van der Waals surface area (Å²) in [6.07, 6.45) is 3.85. The summed E-state index contributed by atoms with van der Waals surface area (Å²) in [7, 11) is 3.22. The Hall–Kier alpha value is -3.53. The molecule has 0 aliphatic rings. The molecular formula is C32H61N5O5. The van der Waals surface area contributed by atoms with E-state index in [1.54, 1.807) is 60.1 Å². The van der Waals surface area contributed by atoms with Crippen LogP contribution in [0.5, 0.6) is 5.75 Å². The van der Waals surface area contributed by atoms with Crippen LogP contribution in [0.1, 0.15) is 95.9 Å². The van der Waals surface area contributed by atoms with Gasteiger partial charge in [-0.15, -0.1) is 0 Å². The molecule has 1 aromatic carbocycles. The highest BCUT2D eigenvalue weighted by molar-refractivity contribution is 6.18. The number of nitrogens with one attached hydrogen (secondary N) is 2. The fourth-order valence-corrected chi connectivity index (χ4v) is 2.59. The van der Waals surface area contributed by atoms with Crippen molar-refractivity contribution in [1.29, 1.82) is 0 Å². The molecule has 0 fully saturated rings. The lowest BCUT2D eigenvalue weighted by Crippen LogP contribution is -2.36. The zero-order valence-corrected chi connectivity index (χ0v) is 28.9. The SMILES string of the molecule is C=CN=C(/C(NC)=C(\C)N)N(C=O)c1ccc(OCCOC)c(NC(=O)OC(C)(C)C)c1.CC.CC.CC.CCCC. The molecule has 42 heavy (non-hydrogen) atoms. The molecule has 0 heterocycles. The Bertz CT molecular complexity index is 903. The van der Waals surface area contributed by atoms with Gasteiger partial charge in [0.05, 0.1) is 23.7 Å². The molecule has 0 saturated carbocycles. The number of amidine groups is 1. The van der Waals surface area contributed by atoms with E-state index in [1.807, 2.05) is 41.5 Å². The normalized spacial score (nSPS) is 10.6. The van der Waals surface area contributed by atoms with Gasteiger partial charge in [-0.3, -0.25) is 15.0 Å². The van der Waals surface area contributed by atoms with E-state index >= 15 is 0 Å². The Morgan fingerprint density at radius 2 is 1.62 bits per heavy atom. The summed E-state index contributed by atoms with van der Waals surface area (Å²) in [5.74, 6) is 0.609. The third-order valence-corrected chi connectivity index (χ3v) is 4.34. The molecule has 0 aromatic heterocycles. The predicted molar refractivity (Wildman–Crippen MR) is 180 cm³/mol. The lowest BCUT2D eigenvalue weighted by molar-refractivity contribution is -0.106. The van der Waals surface area contributed by atoms with E-state index in [1.165, 1.54) is 23.9 Å². The largest absolute Gasteiger partial charge is 0.489 e. The van der Waals surface area contributed by atoms with Crippen LogP contribution in [0.3, 0.4) is 0 Å². The number of methoxy groups -OCH3 is 1. The van der Waals surface area contributed by atoms with Crippen LogP contribution in [0.4, 0.5) is 16.2 Å². The number of nitrogens with zero attached hydrogens (tertiary/aromatic N) is 2. The van der Waals surface area contributed by atoms with Gasteiger partial charge in [0.2, 0.25) is 6.41 Å². The van der Waals surface area contributed by atoms with E-state index < -0.39 is 11.7 Å². The fourth-order valence-electron chi connectivity index (χ4n) is 2.59. The van der Waals surface area contributed by atoms with E-state index in [9.17, 15) is 9.59 Å². The molecule has 1 aromatic rings. The minimum absolute atomic E-state index is 0.230. The van der Waals surface area contributed by atoms with Crippen molar-refractivity contribution < 1.29 is 23.8 Å². The second-order valence-corrected chi connectivity index (χ2v) is 8.57. The summed E-state index contributed by atoms with van der Waals surface area (Å²) in [5.41, 5.74) is 6.83. The Labute approximate surface area is 256 Å². The van der Waals surface area contributed by atoms with Gasteiger partial charge in [-0.05, 0) is 45.9 Å². The van der Waals surface area contributed by atoms with Crippen molar-refractivity contribution >= 4 is 29.7 Å². The molecule has 0 atom stereocenters. The van der Waals surface area contributed by atoms with Gasteiger partial charge in [-0.25, -0.2) is 9.79 Å². The number of anilines is 2. The number of rotatable bonds is 11. The first kappa shape index (κ1) is 45.5. The minimum Gasteiger partial charge on any atom is -0.489 e. The van der Waals surface area contributed by atoms with E-state index in [2.05, 4.69) is 36.1 Å². The minimum atomic E-state index is -0.692. The van der Waals surface area contributed by atoms with Crippen LogP contribution in [-0.2, 0) is 14.3 Å². The zero-order valence-electron chi connectivity index (χ0n) is 28.9. The van der Waals surface area contributed by atoms with Crippen molar-refractivity contribution in [2.75, 3.05) is 37.6 Å². The first-order valence-corrected chi connectivity index (χ1v) is 14.8. The first-order chi connectivity index (χ1) is 20.0. The van der Waals surface area contributed by atoms with Crippen LogP contribution in [-0.4, -0.2) is 51.3 Å². The number of carbonyl (C=O) groups is 2. The molecule has 10 heteroatoms. The Balaban J connectivity index is -0.000000637. The average Bonchev–Trinajstić information content (AvgIpc) is 2.97. The number of likely N-dealkylation sites (N-methyl/N-ethyl adjacent to an activating group) is 1. The monoisotopic (exact) mass is 595 g/mol. The molecule has 10 nitrogen and oxygen atoms in total. The van der Waals surface area contributed by atoms with Crippen LogP contribution in [0.25, 0.3) is 0 Å². The maximum atomic E-state index is 12.4. The molecule has 0 aliphatic heterocycles. The van der Waals surface area contributed by atoms with Crippen molar-refractivity contribution in [2.24, 2.45) is 10.7 Å². The summed E-state index contributed by atoms with van der Waals surface area (Å²) in [5, 5.41) is 5.60. The number of hydrogen-bond donors (Lipinski definition) is 3. The molecule has 244 valence electrons. The van der Waals surface area contributed by atoms with Gasteiger partial charge in [-0.2, -0.15) is 0 Å². The highest BCUT2D eigenvalue weighted by atomic mass is 16.6. The van der Waals surface area contributed by atoms with Crippen LogP contribution in [0.2, 0.25) is 0 Å². The van der Waals surface area contributed by atoms with E-state index in [0.717, 1.165) is 0 Å². The fraction of sp³-hybridized carbons (Fsp3) is 0.594. The number of ether oxygens (including phenoxy) is 3. The third-order valence-electron chi connectivity index (χ3n) is 4.34. The van der Waals surface area contributed by atoms with E-state index in [4.69, 9.17) is 19.9 Å². The molecule has 2 amide bonds. The maximum Gasteiger partial charge on any atom is 0.412 e. The van der Waals surface area contributed by atoms with Gasteiger partial charge < -0.3 is 25.3 Å². The lowest BCUT2D eigenvalue weighted by Gasteiger charge is -2.24. The molecule has 0 saturated heterocycles. The van der Waals surface area contributed by atoms with Crippen LogP contribution >= 0.6 is 0 Å². The summed E-state index contributed by atoms with van der Waals surface area (Å²) in [6, 6.07) is 4.84. The van der Waals surface area contributed by atoms with Gasteiger partial charge in [-0.1, -0.05) is 74.8 Å². The maximum absolute atomic E-state index is 12.4. The highest BCUT2D eigenvalue weighted by Gasteiger charge is 2.22. The van der Waals surface area contributed by atoms with Crippen LogP contribution in [0, 0.1) is 0 Å². The second-order valence-electron chi connectivity index (χ2n) is 8.57. The Morgan fingerprint density at radius 3 is 2.00 bits per heavy atom. The number of nitrogens with two attached hydrogens (primary N) is 1. The molecule has 0 unspecified atom stereocenters. The smallest absolute Gasteiger partial charge is 0.412 e. The second kappa shape index (κ2) is 29.0. The zero-order chi connectivity index (χ0) is 33.7. The summed E-state index contributed by atoms with van der Waals surface area (Å²) in [6.45, 7) is 27.5. The standard InChI is InChI=1S/C22H33N5O5.C4H10.3C2H6/c1-8-25-20(19(24-6)15(2)23)27(14-28)16-9-10-18(31-12-11-30-7)17(13-16)26-21(29)32-22(3,4)5;1-3-4-2;3*1-2/h8-10,13-14,24H,1,11-12,23H2,2-7H3,(H,26,29);3-4H2,1-2H3;3*1-2H3/b19-15-,25-20?;;;;. The number of aliphatic imine (C=N–C) groups is 1. The van der Waals surface area contributed by atoms with Crippen molar-refractivity contribution in [1.82, 2.24) is 5.32 Å². The molecule has 1 rings (SSSR count). The topological polar surface area (TPSA) is 128 Å². The highest BCUT2D eigenvalue weighted by Crippen LogP contribution is 2.31. The Morgan fingerprint density at radius 1 is 1.07 bits per heavy atom. The van der Waals surface area contributed by atoms with Gasteiger partial charge in [0.25, 0.3) is 0 Å². The molecule has 0 aliphatic carbocycles. The average molecular weight is 596 g/mol. The summed E-state index contributed by atoms with van der Waals surface area (Å²) >= 11 is 0. The predicted octanol–water partition coefficient (Wildman–Crippen LogP) is 7.86. The lowest BCUT2D eigenvalue weighted by atomic mass is 10.2. The molecule has 0 radical (unpaired) electrons. The third kappa shape index (κ3) is 20.4. The van der Waals surface area contributed by atoms with Gasteiger partial charge in [0, 0.05) is 26.1 Å². The van der Waals surface area contributed by atoms with Crippen molar-refractivity contribution in [3.63, 3.8) is 0 Å². The molecule has 0 spiro atoms. The first-order valence-electron chi connectivity index (χ1n) is 14.8. The van der Waals surface area contributed by atoms with Crippen LogP contribution in [0.15, 0.2) is 47.4 Å². The van der Waals surface area contributed by atoms with E-state index in [0.29, 0.717) is 41.5 Å². The number of carbonyl (C=O) groups excluding carboxylic acids is 2. The Kier molecular flexibility index (Phi) is 31.4. The van der Waals surface area contributed by atoms with Crippen molar-refractivity contribution in [2.45, 2.75) is 102 Å². The number of hydrogen-bond acceptors (Lipinski definition) is 8. The van der Waals surface area contributed by atoms with Crippen molar-refractivity contribution in [3.05, 3.63) is 42.4 Å². The molecule has 4 N–H and O–H groups in total.